The summed E-state index contributed by atoms with van der Waals surface area (Å²) in [6, 6.07) is 7.38. The van der Waals surface area contributed by atoms with E-state index in [4.69, 9.17) is 4.74 Å². The SMILES string of the molecule is CCC[C@@H](C)NC(=O)COC(=O)c1ccccc1CSc1nc(C)cs1. The molecule has 2 rings (SSSR count). The van der Waals surface area contributed by atoms with Crippen molar-refractivity contribution in [2.24, 2.45) is 0 Å². The first-order chi connectivity index (χ1) is 12.5. The van der Waals surface area contributed by atoms with Crippen molar-refractivity contribution in [3.63, 3.8) is 0 Å². The molecule has 1 amide bonds. The first kappa shape index (κ1) is 20.5. The highest BCUT2D eigenvalue weighted by atomic mass is 32.2. The van der Waals surface area contributed by atoms with E-state index in [1.165, 1.54) is 0 Å². The van der Waals surface area contributed by atoms with Crippen molar-refractivity contribution in [1.29, 1.82) is 0 Å². The highest BCUT2D eigenvalue weighted by molar-refractivity contribution is 8.00. The van der Waals surface area contributed by atoms with Crippen LogP contribution in [-0.4, -0.2) is 29.5 Å². The number of amides is 1. The molecule has 1 atom stereocenters. The zero-order chi connectivity index (χ0) is 18.9. The fraction of sp³-hybridized carbons (Fsp3) is 0.421. The third kappa shape index (κ3) is 6.46. The number of esters is 1. The smallest absolute Gasteiger partial charge is 0.338 e. The summed E-state index contributed by atoms with van der Waals surface area (Å²) in [5.41, 5.74) is 2.35. The van der Waals surface area contributed by atoms with Crippen LogP contribution >= 0.6 is 23.1 Å². The van der Waals surface area contributed by atoms with Crippen molar-refractivity contribution in [3.8, 4) is 0 Å². The molecule has 26 heavy (non-hydrogen) atoms. The van der Waals surface area contributed by atoms with E-state index < -0.39 is 5.97 Å². The quantitative estimate of drug-likeness (QED) is 0.511. The molecule has 0 radical (unpaired) electrons. The lowest BCUT2D eigenvalue weighted by Crippen LogP contribution is -2.35. The molecule has 0 spiro atoms. The summed E-state index contributed by atoms with van der Waals surface area (Å²) in [5, 5.41) is 4.82. The lowest BCUT2D eigenvalue weighted by molar-refractivity contribution is -0.124. The van der Waals surface area contributed by atoms with Gasteiger partial charge in [0.2, 0.25) is 0 Å². The summed E-state index contributed by atoms with van der Waals surface area (Å²) < 4.78 is 6.16. The summed E-state index contributed by atoms with van der Waals surface area (Å²) in [6.45, 7) is 5.69. The first-order valence-corrected chi connectivity index (χ1v) is 10.5. The van der Waals surface area contributed by atoms with E-state index in [-0.39, 0.29) is 18.6 Å². The molecule has 5 nitrogen and oxygen atoms in total. The van der Waals surface area contributed by atoms with Crippen LogP contribution in [0.5, 0.6) is 0 Å². The molecular weight excluding hydrogens is 368 g/mol. The summed E-state index contributed by atoms with van der Waals surface area (Å²) >= 11 is 3.17. The Labute approximate surface area is 162 Å². The second-order valence-electron chi connectivity index (χ2n) is 6.03. The molecule has 2 aromatic rings. The van der Waals surface area contributed by atoms with E-state index in [1.807, 2.05) is 31.4 Å². The molecule has 140 valence electrons. The van der Waals surface area contributed by atoms with Crippen molar-refractivity contribution >= 4 is 35.0 Å². The van der Waals surface area contributed by atoms with Gasteiger partial charge in [0.15, 0.2) is 6.61 Å². The van der Waals surface area contributed by atoms with Gasteiger partial charge in [0.25, 0.3) is 5.91 Å². The molecule has 0 aliphatic heterocycles. The molecular formula is C19H24N2O3S2. The van der Waals surface area contributed by atoms with Crippen LogP contribution in [0.1, 0.15) is 48.3 Å². The molecule has 0 unspecified atom stereocenters. The predicted molar refractivity (Wildman–Crippen MR) is 106 cm³/mol. The van der Waals surface area contributed by atoms with Crippen molar-refractivity contribution in [2.45, 2.75) is 49.7 Å². The van der Waals surface area contributed by atoms with Gasteiger partial charge < -0.3 is 10.1 Å². The minimum Gasteiger partial charge on any atom is -0.452 e. The fourth-order valence-corrected chi connectivity index (χ4v) is 4.27. The largest absolute Gasteiger partial charge is 0.452 e. The zero-order valence-electron chi connectivity index (χ0n) is 15.3. The molecule has 1 aromatic carbocycles. The van der Waals surface area contributed by atoms with Gasteiger partial charge in [-0.05, 0) is 31.9 Å². The third-order valence-corrected chi connectivity index (χ3v) is 5.84. The van der Waals surface area contributed by atoms with Gasteiger partial charge in [0.05, 0.1) is 5.56 Å². The third-order valence-electron chi connectivity index (χ3n) is 3.65. The standard InChI is InChI=1S/C19H24N2O3S2/c1-4-7-13(2)20-17(22)10-24-18(23)16-9-6-5-8-15(16)12-26-19-21-14(3)11-25-19/h5-6,8-9,11,13H,4,7,10,12H2,1-3H3,(H,20,22)/t13-/m1/s1. The number of hydrogen-bond acceptors (Lipinski definition) is 6. The highest BCUT2D eigenvalue weighted by Gasteiger charge is 2.15. The van der Waals surface area contributed by atoms with Crippen LogP contribution in [-0.2, 0) is 15.3 Å². The Morgan fingerprint density at radius 3 is 2.81 bits per heavy atom. The number of thioether (sulfide) groups is 1. The number of aromatic nitrogens is 1. The molecule has 0 saturated heterocycles. The van der Waals surface area contributed by atoms with E-state index in [0.717, 1.165) is 28.4 Å². The maximum absolute atomic E-state index is 12.4. The minimum atomic E-state index is -0.477. The molecule has 0 bridgehead atoms. The number of carbonyl (C=O) groups excluding carboxylic acids is 2. The number of carbonyl (C=O) groups is 2. The van der Waals surface area contributed by atoms with Crippen molar-refractivity contribution in [1.82, 2.24) is 10.3 Å². The van der Waals surface area contributed by atoms with Gasteiger partial charge >= 0.3 is 5.97 Å². The average Bonchev–Trinajstić information content (AvgIpc) is 3.03. The first-order valence-electron chi connectivity index (χ1n) is 8.59. The summed E-state index contributed by atoms with van der Waals surface area (Å²) in [7, 11) is 0. The molecule has 0 fully saturated rings. The summed E-state index contributed by atoms with van der Waals surface area (Å²) in [5.74, 6) is -0.128. The van der Waals surface area contributed by atoms with Crippen LogP contribution in [0.2, 0.25) is 0 Å². The summed E-state index contributed by atoms with van der Waals surface area (Å²) in [4.78, 5) is 28.6. The van der Waals surface area contributed by atoms with Gasteiger partial charge in [-0.2, -0.15) is 0 Å². The predicted octanol–water partition coefficient (Wildman–Crippen LogP) is 4.21. The second kappa shape index (κ2) is 10.3. The molecule has 0 aliphatic carbocycles. The molecule has 1 heterocycles. The number of hydrogen-bond donors (Lipinski definition) is 1. The summed E-state index contributed by atoms with van der Waals surface area (Å²) in [6.07, 6.45) is 1.89. The van der Waals surface area contributed by atoms with E-state index in [9.17, 15) is 9.59 Å². The topological polar surface area (TPSA) is 68.3 Å². The molecule has 1 aromatic heterocycles. The van der Waals surface area contributed by atoms with E-state index >= 15 is 0 Å². The lowest BCUT2D eigenvalue weighted by Gasteiger charge is -2.13. The Morgan fingerprint density at radius 2 is 2.12 bits per heavy atom. The molecule has 0 aliphatic rings. The van der Waals surface area contributed by atoms with Crippen LogP contribution in [0.25, 0.3) is 0 Å². The number of nitrogens with zero attached hydrogens (tertiary/aromatic N) is 1. The molecule has 7 heteroatoms. The van der Waals surface area contributed by atoms with Gasteiger partial charge in [0.1, 0.15) is 4.34 Å². The maximum Gasteiger partial charge on any atom is 0.338 e. The Balaban J connectivity index is 1.91. The van der Waals surface area contributed by atoms with Gasteiger partial charge in [-0.1, -0.05) is 43.3 Å². The Hall–Kier alpha value is -1.86. The van der Waals surface area contributed by atoms with Gasteiger partial charge in [-0.25, -0.2) is 9.78 Å². The van der Waals surface area contributed by atoms with E-state index in [1.54, 1.807) is 35.2 Å². The fourth-order valence-electron chi connectivity index (χ4n) is 2.41. The van der Waals surface area contributed by atoms with Crippen LogP contribution in [0.15, 0.2) is 34.0 Å². The maximum atomic E-state index is 12.4. The second-order valence-corrected chi connectivity index (χ2v) is 8.11. The Bertz CT molecular complexity index is 746. The Kier molecular flexibility index (Phi) is 8.12. The lowest BCUT2D eigenvalue weighted by atomic mass is 10.1. The van der Waals surface area contributed by atoms with Gasteiger partial charge in [-0.3, -0.25) is 4.79 Å². The number of nitrogens with one attached hydrogen (secondary N) is 1. The van der Waals surface area contributed by atoms with Crippen molar-refractivity contribution in [3.05, 3.63) is 46.5 Å². The number of rotatable bonds is 9. The highest BCUT2D eigenvalue weighted by Crippen LogP contribution is 2.27. The number of thiazole rings is 1. The van der Waals surface area contributed by atoms with Crippen LogP contribution in [0, 0.1) is 6.92 Å². The minimum absolute atomic E-state index is 0.0802. The van der Waals surface area contributed by atoms with Crippen LogP contribution < -0.4 is 5.32 Å². The normalized spacial score (nSPS) is 11.8. The van der Waals surface area contributed by atoms with E-state index in [0.29, 0.717) is 11.3 Å². The number of benzene rings is 1. The van der Waals surface area contributed by atoms with Gasteiger partial charge in [-0.15, -0.1) is 11.3 Å². The van der Waals surface area contributed by atoms with E-state index in [2.05, 4.69) is 17.2 Å². The molecule has 1 N–H and O–H groups in total. The average molecular weight is 393 g/mol. The van der Waals surface area contributed by atoms with Crippen LogP contribution in [0.3, 0.4) is 0 Å². The van der Waals surface area contributed by atoms with Crippen molar-refractivity contribution in [2.75, 3.05) is 6.61 Å². The number of aryl methyl sites for hydroxylation is 1. The van der Waals surface area contributed by atoms with Gasteiger partial charge in [0, 0.05) is 22.9 Å². The monoisotopic (exact) mass is 392 g/mol. The number of ether oxygens (including phenoxy) is 1. The zero-order valence-corrected chi connectivity index (χ0v) is 16.9. The molecule has 0 saturated carbocycles. The van der Waals surface area contributed by atoms with Crippen molar-refractivity contribution < 1.29 is 14.3 Å². The Morgan fingerprint density at radius 1 is 1.35 bits per heavy atom. The van der Waals surface area contributed by atoms with Crippen LogP contribution in [0.4, 0.5) is 0 Å².